The van der Waals surface area contributed by atoms with Crippen LogP contribution in [0.5, 0.6) is 0 Å². The fourth-order valence-corrected chi connectivity index (χ4v) is 3.71. The lowest BCUT2D eigenvalue weighted by molar-refractivity contribution is 0.0603. The van der Waals surface area contributed by atoms with Gasteiger partial charge in [0.15, 0.2) is 0 Å². The van der Waals surface area contributed by atoms with Gasteiger partial charge in [-0.2, -0.15) is 0 Å². The second kappa shape index (κ2) is 6.52. The molecule has 2 heterocycles. The second-order valence-electron chi connectivity index (χ2n) is 5.63. The summed E-state index contributed by atoms with van der Waals surface area (Å²) in [5, 5.41) is 0. The van der Waals surface area contributed by atoms with Gasteiger partial charge in [0.2, 0.25) is 5.78 Å². The number of rotatable bonds is 4. The quantitative estimate of drug-likeness (QED) is 0.522. The first kappa shape index (κ1) is 16.9. The first-order chi connectivity index (χ1) is 11.9. The number of benzene rings is 1. The number of ether oxygens (including phenoxy) is 1. The molecule has 0 aliphatic heterocycles. The van der Waals surface area contributed by atoms with E-state index < -0.39 is 5.97 Å². The van der Waals surface area contributed by atoms with E-state index in [1.165, 1.54) is 17.6 Å². The molecule has 1 aromatic carbocycles. The van der Waals surface area contributed by atoms with Crippen molar-refractivity contribution in [2.24, 2.45) is 0 Å². The molecule has 7 heteroatoms. The van der Waals surface area contributed by atoms with Crippen LogP contribution in [-0.4, -0.2) is 42.3 Å². The smallest absolute Gasteiger partial charge is 0.340 e. The van der Waals surface area contributed by atoms with Crippen LogP contribution in [0.25, 0.3) is 11.0 Å². The lowest BCUT2D eigenvalue weighted by Crippen LogP contribution is -2.27. The Morgan fingerprint density at radius 1 is 1.20 bits per heavy atom. The molecule has 0 radical (unpaired) electrons. The molecule has 3 aromatic rings. The molecule has 0 aliphatic rings. The largest absolute Gasteiger partial charge is 0.465 e. The molecular weight excluding hydrogens is 340 g/mol. The highest BCUT2D eigenvalue weighted by Gasteiger charge is 2.24. The molecule has 0 bridgehead atoms. The number of hydrogen-bond acceptors (Lipinski definition) is 6. The minimum Gasteiger partial charge on any atom is -0.465 e. The number of methoxy groups -OCH3 is 1. The molecule has 0 amide bonds. The third-order valence-corrected chi connectivity index (χ3v) is 4.72. The maximum Gasteiger partial charge on any atom is 0.340 e. The first-order valence-electron chi connectivity index (χ1n) is 7.48. The van der Waals surface area contributed by atoms with Crippen LogP contribution in [0.1, 0.15) is 26.4 Å². The van der Waals surface area contributed by atoms with Crippen molar-refractivity contribution in [3.63, 3.8) is 0 Å². The fourth-order valence-electron chi connectivity index (χ4n) is 2.53. The Labute approximate surface area is 147 Å². The summed E-state index contributed by atoms with van der Waals surface area (Å²) in [5.74, 6) is -0.903. The van der Waals surface area contributed by atoms with Gasteiger partial charge in [-0.3, -0.25) is 14.0 Å². The molecule has 6 nitrogen and oxygen atoms in total. The number of carbonyl (C=O) groups excluding carboxylic acids is 2. The zero-order valence-electron chi connectivity index (χ0n) is 14.0. The average molecular weight is 356 g/mol. The Kier molecular flexibility index (Phi) is 4.41. The van der Waals surface area contributed by atoms with Crippen molar-refractivity contribution in [2.45, 2.75) is 0 Å². The summed E-state index contributed by atoms with van der Waals surface area (Å²) < 4.78 is 6.52. The second-order valence-corrected chi connectivity index (χ2v) is 6.67. The Morgan fingerprint density at radius 3 is 2.48 bits per heavy atom. The lowest BCUT2D eigenvalue weighted by Gasteiger charge is -2.00. The Hall–Kier alpha value is -2.93. The molecule has 128 valence electrons. The molecule has 0 spiro atoms. The molecule has 0 fully saturated rings. The van der Waals surface area contributed by atoms with E-state index in [-0.39, 0.29) is 22.6 Å². The molecule has 0 atom stereocenters. The van der Waals surface area contributed by atoms with E-state index in [1.807, 2.05) is 0 Å². The van der Waals surface area contributed by atoms with Crippen molar-refractivity contribution in [2.75, 3.05) is 21.2 Å². The Balaban J connectivity index is 2.32. The topological polar surface area (TPSA) is 68.1 Å². The van der Waals surface area contributed by atoms with Gasteiger partial charge in [0.05, 0.1) is 18.4 Å². The highest BCUT2D eigenvalue weighted by molar-refractivity contribution is 7.15. The predicted molar refractivity (Wildman–Crippen MR) is 96.1 cm³/mol. The zero-order valence-corrected chi connectivity index (χ0v) is 14.8. The number of fused-ring (bicyclic) bond motifs is 1. The number of ketones is 1. The third-order valence-electron chi connectivity index (χ3n) is 3.63. The molecule has 3 rings (SSSR count). The summed E-state index contributed by atoms with van der Waals surface area (Å²) in [7, 11) is 4.86. The normalized spacial score (nSPS) is 11.7. The van der Waals surface area contributed by atoms with Crippen LogP contribution in [-0.2, 0) is 4.74 Å². The standard InChI is InChI=1S/C18H16N2O4S/c1-19(2)10-14-16(22)20-13(15(21)11-7-5-4-6-8-11)9-12(17(20)25-14)18(23)24-3/h4-10H,1-3H3/b14-10+. The number of esters is 1. The van der Waals surface area contributed by atoms with Gasteiger partial charge in [0, 0.05) is 25.9 Å². The molecule has 0 saturated carbocycles. The summed E-state index contributed by atoms with van der Waals surface area (Å²) in [6, 6.07) is 10.1. The molecule has 25 heavy (non-hydrogen) atoms. The van der Waals surface area contributed by atoms with Crippen molar-refractivity contribution in [3.8, 4) is 0 Å². The van der Waals surface area contributed by atoms with E-state index in [9.17, 15) is 14.4 Å². The Bertz CT molecular complexity index is 1060. The minimum absolute atomic E-state index is 0.154. The van der Waals surface area contributed by atoms with E-state index in [1.54, 1.807) is 55.5 Å². The summed E-state index contributed by atoms with van der Waals surface area (Å²) in [4.78, 5) is 39.8. The van der Waals surface area contributed by atoms with Gasteiger partial charge in [-0.15, -0.1) is 11.3 Å². The molecule has 0 unspecified atom stereocenters. The predicted octanol–water partition coefficient (Wildman–Crippen LogP) is 1.40. The van der Waals surface area contributed by atoms with Crippen molar-refractivity contribution in [1.82, 2.24) is 9.30 Å². The van der Waals surface area contributed by atoms with Gasteiger partial charge in [-0.1, -0.05) is 30.3 Å². The van der Waals surface area contributed by atoms with E-state index in [0.717, 1.165) is 11.3 Å². The maximum atomic E-state index is 12.8. The van der Waals surface area contributed by atoms with Crippen molar-refractivity contribution < 1.29 is 14.3 Å². The zero-order chi connectivity index (χ0) is 18.1. The summed E-state index contributed by atoms with van der Waals surface area (Å²) in [6.45, 7) is 0. The van der Waals surface area contributed by atoms with Gasteiger partial charge in [-0.25, -0.2) is 4.79 Å². The van der Waals surface area contributed by atoms with Crippen LogP contribution in [0.2, 0.25) is 0 Å². The van der Waals surface area contributed by atoms with Gasteiger partial charge >= 0.3 is 5.97 Å². The maximum absolute atomic E-state index is 12.8. The van der Waals surface area contributed by atoms with Crippen LogP contribution >= 0.6 is 11.3 Å². The van der Waals surface area contributed by atoms with Crippen LogP contribution < -0.4 is 10.1 Å². The highest BCUT2D eigenvalue weighted by atomic mass is 32.1. The molecule has 0 N–H and O–H groups in total. The van der Waals surface area contributed by atoms with Gasteiger partial charge in [0.1, 0.15) is 9.36 Å². The number of aromatic nitrogens is 1. The van der Waals surface area contributed by atoms with E-state index in [0.29, 0.717) is 14.9 Å². The monoisotopic (exact) mass is 356 g/mol. The Morgan fingerprint density at radius 2 is 1.88 bits per heavy atom. The van der Waals surface area contributed by atoms with Crippen molar-refractivity contribution in [1.29, 1.82) is 0 Å². The average Bonchev–Trinajstić information content (AvgIpc) is 3.12. The number of carbonyl (C=O) groups is 2. The lowest BCUT2D eigenvalue weighted by atomic mass is 10.1. The van der Waals surface area contributed by atoms with Gasteiger partial charge < -0.3 is 9.64 Å². The first-order valence-corrected chi connectivity index (χ1v) is 8.30. The number of nitrogens with zero attached hydrogens (tertiary/aromatic N) is 2. The van der Waals surface area contributed by atoms with E-state index >= 15 is 0 Å². The van der Waals surface area contributed by atoms with Crippen LogP contribution in [0.3, 0.4) is 0 Å². The van der Waals surface area contributed by atoms with Crippen LogP contribution in [0, 0.1) is 0 Å². The molecule has 0 aliphatic carbocycles. The molecule has 2 aromatic heterocycles. The minimum atomic E-state index is -0.581. The SMILES string of the molecule is COC(=O)c1cc(C(=O)c2ccccc2)n2c(=O)/c(=C\N(C)C)sc12. The molecule has 0 saturated heterocycles. The highest BCUT2D eigenvalue weighted by Crippen LogP contribution is 2.21. The van der Waals surface area contributed by atoms with Gasteiger partial charge in [0.25, 0.3) is 5.56 Å². The molecular formula is C18H16N2O4S. The van der Waals surface area contributed by atoms with E-state index in [2.05, 4.69) is 0 Å². The summed E-state index contributed by atoms with van der Waals surface area (Å²) in [5.41, 5.74) is 0.480. The summed E-state index contributed by atoms with van der Waals surface area (Å²) in [6.07, 6.45) is 1.66. The van der Waals surface area contributed by atoms with Crippen LogP contribution in [0.4, 0.5) is 0 Å². The van der Waals surface area contributed by atoms with Crippen molar-refractivity contribution >= 4 is 34.1 Å². The number of thiazole rings is 1. The van der Waals surface area contributed by atoms with Crippen molar-refractivity contribution in [3.05, 3.63) is 68.1 Å². The van der Waals surface area contributed by atoms with Crippen LogP contribution in [0.15, 0.2) is 41.2 Å². The van der Waals surface area contributed by atoms with Gasteiger partial charge in [-0.05, 0) is 6.07 Å². The summed E-state index contributed by atoms with van der Waals surface area (Å²) >= 11 is 1.16. The third kappa shape index (κ3) is 2.94. The van der Waals surface area contributed by atoms with E-state index in [4.69, 9.17) is 4.74 Å². The fraction of sp³-hybridized carbons (Fsp3) is 0.167. The number of hydrogen-bond donors (Lipinski definition) is 0.